The van der Waals surface area contributed by atoms with Crippen molar-refractivity contribution in [2.75, 3.05) is 0 Å². The van der Waals surface area contributed by atoms with Crippen molar-refractivity contribution in [3.63, 3.8) is 0 Å². The largest absolute Gasteiger partial charge is 0.442 e. The molecule has 0 aromatic carbocycles. The molecule has 2 aromatic heterocycles. The lowest BCUT2D eigenvalue weighted by atomic mass is 10.4. The number of nitrogens with zero attached hydrogens (tertiary/aromatic N) is 4. The lowest BCUT2D eigenvalue weighted by molar-refractivity contribution is -0.0984. The average molecular weight is 220 g/mol. The van der Waals surface area contributed by atoms with Crippen molar-refractivity contribution in [2.24, 2.45) is 7.05 Å². The maximum atomic E-state index is 9.37. The van der Waals surface area contributed by atoms with Crippen LogP contribution in [0.5, 0.6) is 0 Å². The third-order valence-corrected chi connectivity index (χ3v) is 2.77. The average Bonchev–Trinajstić information content (AvgIpc) is 2.85. The van der Waals surface area contributed by atoms with Gasteiger partial charge in [-0.2, -0.15) is 5.06 Å². The minimum atomic E-state index is 0.461. The fourth-order valence-electron chi connectivity index (χ4n) is 1.96. The van der Waals surface area contributed by atoms with Crippen LogP contribution in [-0.4, -0.2) is 24.8 Å². The van der Waals surface area contributed by atoms with Gasteiger partial charge in [0.1, 0.15) is 6.26 Å². The monoisotopic (exact) mass is 220 g/mol. The molecule has 1 aliphatic rings. The molecule has 0 aliphatic carbocycles. The van der Waals surface area contributed by atoms with Crippen LogP contribution < -0.4 is 0 Å². The number of hydrogen-bond donors (Lipinski definition) is 1. The first kappa shape index (κ1) is 9.56. The summed E-state index contributed by atoms with van der Waals surface area (Å²) in [5.74, 6) is 1.24. The molecule has 6 nitrogen and oxygen atoms in total. The standard InChI is InChI=1S/C10H12N4O2/c1-6-5-16-10(11-6)9-12-7-3-14(15)4-8(7)13(9)2/h5,15H,3-4H2,1-2H3. The van der Waals surface area contributed by atoms with Crippen molar-refractivity contribution in [3.05, 3.63) is 23.3 Å². The third kappa shape index (κ3) is 1.27. The molecule has 0 amide bonds. The Morgan fingerprint density at radius 3 is 2.81 bits per heavy atom. The van der Waals surface area contributed by atoms with Crippen LogP contribution in [0.3, 0.4) is 0 Å². The van der Waals surface area contributed by atoms with Crippen LogP contribution in [-0.2, 0) is 20.1 Å². The van der Waals surface area contributed by atoms with Gasteiger partial charge in [0.05, 0.1) is 30.2 Å². The molecular weight excluding hydrogens is 208 g/mol. The molecule has 2 aromatic rings. The van der Waals surface area contributed by atoms with Crippen molar-refractivity contribution < 1.29 is 9.62 Å². The maximum Gasteiger partial charge on any atom is 0.263 e. The number of oxazole rings is 1. The third-order valence-electron chi connectivity index (χ3n) is 2.77. The van der Waals surface area contributed by atoms with Gasteiger partial charge in [-0.05, 0) is 6.92 Å². The first-order valence-corrected chi connectivity index (χ1v) is 5.06. The van der Waals surface area contributed by atoms with Crippen LogP contribution in [0.4, 0.5) is 0 Å². The van der Waals surface area contributed by atoms with Gasteiger partial charge in [-0.15, -0.1) is 0 Å². The lowest BCUT2D eigenvalue weighted by Crippen LogP contribution is -2.12. The van der Waals surface area contributed by atoms with Gasteiger partial charge >= 0.3 is 0 Å². The summed E-state index contributed by atoms with van der Waals surface area (Å²) in [5.41, 5.74) is 2.73. The number of aryl methyl sites for hydroxylation is 1. The van der Waals surface area contributed by atoms with Gasteiger partial charge < -0.3 is 14.2 Å². The predicted octanol–water partition coefficient (Wildman–Crippen LogP) is 1.09. The van der Waals surface area contributed by atoms with E-state index in [0.29, 0.717) is 24.8 Å². The van der Waals surface area contributed by atoms with E-state index >= 15 is 0 Å². The van der Waals surface area contributed by atoms with E-state index < -0.39 is 0 Å². The summed E-state index contributed by atoms with van der Waals surface area (Å²) in [7, 11) is 1.90. The van der Waals surface area contributed by atoms with Gasteiger partial charge in [0.25, 0.3) is 5.89 Å². The molecule has 0 radical (unpaired) electrons. The highest BCUT2D eigenvalue weighted by Crippen LogP contribution is 2.26. The Morgan fingerprint density at radius 1 is 1.38 bits per heavy atom. The normalized spacial score (nSPS) is 15.7. The predicted molar refractivity (Wildman–Crippen MR) is 54.5 cm³/mol. The highest BCUT2D eigenvalue weighted by Gasteiger charge is 2.26. The SMILES string of the molecule is Cc1coc(-c2nc3c(n2C)CN(O)C3)n1. The molecule has 0 spiro atoms. The second kappa shape index (κ2) is 3.16. The quantitative estimate of drug-likeness (QED) is 0.779. The molecule has 16 heavy (non-hydrogen) atoms. The molecular formula is C10H12N4O2. The van der Waals surface area contributed by atoms with E-state index in [1.807, 2.05) is 18.5 Å². The molecule has 0 unspecified atom stereocenters. The van der Waals surface area contributed by atoms with Crippen LogP contribution in [0.25, 0.3) is 11.7 Å². The van der Waals surface area contributed by atoms with Crippen LogP contribution in [0.2, 0.25) is 0 Å². The molecule has 0 saturated heterocycles. The fraction of sp³-hybridized carbons (Fsp3) is 0.400. The zero-order valence-corrected chi connectivity index (χ0v) is 9.14. The molecule has 1 aliphatic heterocycles. The molecule has 0 bridgehead atoms. The van der Waals surface area contributed by atoms with E-state index in [2.05, 4.69) is 9.97 Å². The van der Waals surface area contributed by atoms with Gasteiger partial charge in [0, 0.05) is 7.05 Å². The molecule has 3 rings (SSSR count). The highest BCUT2D eigenvalue weighted by atomic mass is 16.5. The first-order chi connectivity index (χ1) is 7.65. The Balaban J connectivity index is 2.08. The number of hydrogen-bond acceptors (Lipinski definition) is 5. The van der Waals surface area contributed by atoms with E-state index in [9.17, 15) is 5.21 Å². The molecule has 84 valence electrons. The summed E-state index contributed by atoms with van der Waals surface area (Å²) in [4.78, 5) is 8.68. The number of fused-ring (bicyclic) bond motifs is 1. The van der Waals surface area contributed by atoms with E-state index in [-0.39, 0.29) is 0 Å². The molecule has 0 atom stereocenters. The second-order valence-corrected chi connectivity index (χ2v) is 4.00. The minimum absolute atomic E-state index is 0.461. The number of imidazole rings is 1. The van der Waals surface area contributed by atoms with Crippen molar-refractivity contribution in [1.29, 1.82) is 0 Å². The van der Waals surface area contributed by atoms with Crippen molar-refractivity contribution in [2.45, 2.75) is 20.0 Å². The maximum absolute atomic E-state index is 9.37. The number of hydroxylamine groups is 2. The van der Waals surface area contributed by atoms with Crippen LogP contribution in [0.1, 0.15) is 17.1 Å². The van der Waals surface area contributed by atoms with E-state index in [1.165, 1.54) is 5.06 Å². The lowest BCUT2D eigenvalue weighted by Gasteiger charge is -2.05. The summed E-state index contributed by atoms with van der Waals surface area (Å²) in [6, 6.07) is 0. The Kier molecular flexibility index (Phi) is 1.89. The number of rotatable bonds is 1. The van der Waals surface area contributed by atoms with E-state index in [1.54, 1.807) is 6.26 Å². The highest BCUT2D eigenvalue weighted by molar-refractivity contribution is 5.45. The Bertz CT molecular complexity index is 543. The van der Waals surface area contributed by atoms with E-state index in [0.717, 1.165) is 17.1 Å². The first-order valence-electron chi connectivity index (χ1n) is 5.06. The van der Waals surface area contributed by atoms with Gasteiger partial charge in [0.15, 0.2) is 5.82 Å². The van der Waals surface area contributed by atoms with Crippen molar-refractivity contribution in [1.82, 2.24) is 19.6 Å². The number of aromatic nitrogens is 3. The van der Waals surface area contributed by atoms with Crippen molar-refractivity contribution in [3.8, 4) is 11.7 Å². The van der Waals surface area contributed by atoms with Gasteiger partial charge in [-0.3, -0.25) is 0 Å². The summed E-state index contributed by atoms with van der Waals surface area (Å²) in [5, 5.41) is 10.6. The summed E-state index contributed by atoms with van der Waals surface area (Å²) < 4.78 is 7.24. The summed E-state index contributed by atoms with van der Waals surface area (Å²) in [6.45, 7) is 2.83. The zero-order valence-electron chi connectivity index (χ0n) is 9.14. The summed E-state index contributed by atoms with van der Waals surface area (Å²) in [6.07, 6.45) is 1.60. The fourth-order valence-corrected chi connectivity index (χ4v) is 1.96. The molecule has 1 N–H and O–H groups in total. The Hall–Kier alpha value is -1.66. The smallest absolute Gasteiger partial charge is 0.263 e. The zero-order chi connectivity index (χ0) is 11.3. The second-order valence-electron chi connectivity index (χ2n) is 4.00. The van der Waals surface area contributed by atoms with E-state index in [4.69, 9.17) is 4.42 Å². The van der Waals surface area contributed by atoms with Gasteiger partial charge in [-0.25, -0.2) is 9.97 Å². The van der Waals surface area contributed by atoms with Gasteiger partial charge in [0.2, 0.25) is 0 Å². The minimum Gasteiger partial charge on any atom is -0.442 e. The summed E-state index contributed by atoms with van der Waals surface area (Å²) >= 11 is 0. The van der Waals surface area contributed by atoms with Gasteiger partial charge in [-0.1, -0.05) is 0 Å². The molecule has 0 saturated carbocycles. The Morgan fingerprint density at radius 2 is 2.19 bits per heavy atom. The van der Waals surface area contributed by atoms with Crippen LogP contribution >= 0.6 is 0 Å². The van der Waals surface area contributed by atoms with Crippen molar-refractivity contribution >= 4 is 0 Å². The molecule has 6 heteroatoms. The molecule has 0 fully saturated rings. The topological polar surface area (TPSA) is 67.3 Å². The molecule has 3 heterocycles. The van der Waals surface area contributed by atoms with Crippen LogP contribution in [0.15, 0.2) is 10.7 Å². The van der Waals surface area contributed by atoms with Crippen LogP contribution in [0, 0.1) is 6.92 Å². The Labute approximate surface area is 92.1 Å².